The SMILES string of the molecule is O=C(Nc1cnn(CC2CCCCO2)c1)c1ccccc1Br. The van der Waals surface area contributed by atoms with Crippen molar-refractivity contribution in [3.8, 4) is 0 Å². The Bertz CT molecular complexity index is 650. The summed E-state index contributed by atoms with van der Waals surface area (Å²) in [6, 6.07) is 7.34. The minimum Gasteiger partial charge on any atom is -0.376 e. The van der Waals surface area contributed by atoms with Crippen LogP contribution in [0.5, 0.6) is 0 Å². The second-order valence-electron chi connectivity index (χ2n) is 5.37. The maximum Gasteiger partial charge on any atom is 0.256 e. The van der Waals surface area contributed by atoms with E-state index in [-0.39, 0.29) is 12.0 Å². The molecule has 22 heavy (non-hydrogen) atoms. The molecule has 0 aliphatic carbocycles. The van der Waals surface area contributed by atoms with Gasteiger partial charge < -0.3 is 10.1 Å². The van der Waals surface area contributed by atoms with Gasteiger partial charge in [-0.2, -0.15) is 5.10 Å². The highest BCUT2D eigenvalue weighted by atomic mass is 79.9. The molecule has 1 fully saturated rings. The van der Waals surface area contributed by atoms with Crippen LogP contribution in [0.2, 0.25) is 0 Å². The van der Waals surface area contributed by atoms with Crippen LogP contribution >= 0.6 is 15.9 Å². The topological polar surface area (TPSA) is 56.2 Å². The van der Waals surface area contributed by atoms with Gasteiger partial charge in [-0.05, 0) is 47.3 Å². The van der Waals surface area contributed by atoms with E-state index in [0.717, 1.165) is 30.5 Å². The van der Waals surface area contributed by atoms with Gasteiger partial charge in [0, 0.05) is 17.3 Å². The van der Waals surface area contributed by atoms with Crippen molar-refractivity contribution in [1.29, 1.82) is 0 Å². The molecule has 1 aliphatic heterocycles. The number of nitrogens with one attached hydrogen (secondary N) is 1. The molecule has 0 spiro atoms. The van der Waals surface area contributed by atoms with E-state index in [2.05, 4.69) is 26.3 Å². The summed E-state index contributed by atoms with van der Waals surface area (Å²) in [7, 11) is 0. The van der Waals surface area contributed by atoms with Crippen LogP contribution in [0.15, 0.2) is 41.1 Å². The zero-order valence-electron chi connectivity index (χ0n) is 12.2. The van der Waals surface area contributed by atoms with Crippen molar-refractivity contribution >= 4 is 27.5 Å². The van der Waals surface area contributed by atoms with E-state index in [1.165, 1.54) is 6.42 Å². The summed E-state index contributed by atoms with van der Waals surface area (Å²) in [6.45, 7) is 1.56. The zero-order chi connectivity index (χ0) is 15.4. The molecule has 2 aromatic rings. The van der Waals surface area contributed by atoms with Gasteiger partial charge >= 0.3 is 0 Å². The van der Waals surface area contributed by atoms with Crippen molar-refractivity contribution in [3.63, 3.8) is 0 Å². The van der Waals surface area contributed by atoms with Crippen LogP contribution in [-0.2, 0) is 11.3 Å². The van der Waals surface area contributed by atoms with E-state index in [1.54, 1.807) is 12.3 Å². The summed E-state index contributed by atoms with van der Waals surface area (Å²) < 4.78 is 8.30. The molecular formula is C16H18BrN3O2. The first-order valence-corrected chi connectivity index (χ1v) is 8.21. The van der Waals surface area contributed by atoms with Crippen LogP contribution < -0.4 is 5.32 Å². The normalized spacial score (nSPS) is 18.1. The third kappa shape index (κ3) is 3.75. The highest BCUT2D eigenvalue weighted by Gasteiger charge is 2.15. The zero-order valence-corrected chi connectivity index (χ0v) is 13.8. The fourth-order valence-electron chi connectivity index (χ4n) is 2.53. The van der Waals surface area contributed by atoms with Gasteiger partial charge in [0.1, 0.15) is 0 Å². The first-order valence-electron chi connectivity index (χ1n) is 7.42. The van der Waals surface area contributed by atoms with Gasteiger partial charge in [0.2, 0.25) is 0 Å². The summed E-state index contributed by atoms with van der Waals surface area (Å²) in [4.78, 5) is 12.2. The van der Waals surface area contributed by atoms with Crippen LogP contribution in [0, 0.1) is 0 Å². The van der Waals surface area contributed by atoms with Gasteiger partial charge in [0.15, 0.2) is 0 Å². The Kier molecular flexibility index (Phi) is 4.90. The molecule has 0 radical (unpaired) electrons. The van der Waals surface area contributed by atoms with Crippen molar-refractivity contribution in [2.45, 2.75) is 31.9 Å². The van der Waals surface area contributed by atoms with Crippen molar-refractivity contribution in [2.75, 3.05) is 11.9 Å². The lowest BCUT2D eigenvalue weighted by atomic mass is 10.1. The lowest BCUT2D eigenvalue weighted by Gasteiger charge is -2.22. The quantitative estimate of drug-likeness (QED) is 0.904. The Morgan fingerprint density at radius 1 is 1.41 bits per heavy atom. The Morgan fingerprint density at radius 3 is 3.05 bits per heavy atom. The Morgan fingerprint density at radius 2 is 2.27 bits per heavy atom. The lowest BCUT2D eigenvalue weighted by molar-refractivity contribution is 0.00401. The number of carbonyl (C=O) groups is 1. The maximum absolute atomic E-state index is 12.2. The predicted molar refractivity (Wildman–Crippen MR) is 87.9 cm³/mol. The van der Waals surface area contributed by atoms with Crippen molar-refractivity contribution in [3.05, 3.63) is 46.7 Å². The van der Waals surface area contributed by atoms with E-state index in [4.69, 9.17) is 4.74 Å². The molecule has 1 unspecified atom stereocenters. The van der Waals surface area contributed by atoms with E-state index in [1.807, 2.05) is 29.1 Å². The number of halogens is 1. The molecule has 6 heteroatoms. The largest absolute Gasteiger partial charge is 0.376 e. The van der Waals surface area contributed by atoms with Gasteiger partial charge in [-0.15, -0.1) is 0 Å². The molecule has 1 aromatic heterocycles. The molecule has 1 amide bonds. The molecule has 1 aromatic carbocycles. The Labute approximate surface area is 137 Å². The highest BCUT2D eigenvalue weighted by Crippen LogP contribution is 2.18. The number of amides is 1. The molecule has 1 saturated heterocycles. The number of carbonyl (C=O) groups excluding carboxylic acids is 1. The average Bonchev–Trinajstić information content (AvgIpc) is 2.95. The van der Waals surface area contributed by atoms with Crippen molar-refractivity contribution in [1.82, 2.24) is 9.78 Å². The summed E-state index contributed by atoms with van der Waals surface area (Å²) >= 11 is 3.38. The number of aromatic nitrogens is 2. The first-order chi connectivity index (χ1) is 10.7. The molecule has 2 heterocycles. The number of ether oxygens (including phenoxy) is 1. The second-order valence-corrected chi connectivity index (χ2v) is 6.23. The fourth-order valence-corrected chi connectivity index (χ4v) is 3.00. The minimum absolute atomic E-state index is 0.152. The summed E-state index contributed by atoms with van der Waals surface area (Å²) in [5.74, 6) is -0.152. The standard InChI is InChI=1S/C16H18BrN3O2/c17-15-7-2-1-6-14(15)16(21)19-12-9-18-20(10-12)11-13-5-3-4-8-22-13/h1-2,6-7,9-10,13H,3-5,8,11H2,(H,19,21). The number of anilines is 1. The van der Waals surface area contributed by atoms with Gasteiger partial charge in [-0.3, -0.25) is 9.48 Å². The molecule has 3 rings (SSSR count). The third-order valence-corrected chi connectivity index (χ3v) is 4.37. The third-order valence-electron chi connectivity index (χ3n) is 3.67. The van der Waals surface area contributed by atoms with E-state index < -0.39 is 0 Å². The Balaban J connectivity index is 1.61. The summed E-state index contributed by atoms with van der Waals surface area (Å²) in [6.07, 6.45) is 7.14. The number of nitrogens with zero attached hydrogens (tertiary/aromatic N) is 2. The van der Waals surface area contributed by atoms with Crippen LogP contribution in [-0.4, -0.2) is 28.4 Å². The van der Waals surface area contributed by atoms with Gasteiger partial charge in [0.05, 0.1) is 30.1 Å². The van der Waals surface area contributed by atoms with Crippen LogP contribution in [0.4, 0.5) is 5.69 Å². The monoisotopic (exact) mass is 363 g/mol. The average molecular weight is 364 g/mol. The molecule has 0 bridgehead atoms. The van der Waals surface area contributed by atoms with Crippen molar-refractivity contribution in [2.24, 2.45) is 0 Å². The number of hydrogen-bond acceptors (Lipinski definition) is 3. The smallest absolute Gasteiger partial charge is 0.256 e. The van der Waals surface area contributed by atoms with Crippen LogP contribution in [0.25, 0.3) is 0 Å². The summed E-state index contributed by atoms with van der Waals surface area (Å²) in [5.41, 5.74) is 1.29. The molecule has 1 atom stereocenters. The Hall–Kier alpha value is -1.66. The second kappa shape index (κ2) is 7.07. The van der Waals surface area contributed by atoms with E-state index in [9.17, 15) is 4.79 Å². The van der Waals surface area contributed by atoms with Gasteiger partial charge in [-0.25, -0.2) is 0 Å². The predicted octanol–water partition coefficient (Wildman–Crippen LogP) is 3.47. The molecule has 0 saturated carbocycles. The van der Waals surface area contributed by atoms with Crippen LogP contribution in [0.3, 0.4) is 0 Å². The van der Waals surface area contributed by atoms with Gasteiger partial charge in [-0.1, -0.05) is 12.1 Å². The fraction of sp³-hybridized carbons (Fsp3) is 0.375. The first kappa shape index (κ1) is 15.2. The number of benzene rings is 1. The molecule has 116 valence electrons. The van der Waals surface area contributed by atoms with Gasteiger partial charge in [0.25, 0.3) is 5.91 Å². The van der Waals surface area contributed by atoms with Crippen molar-refractivity contribution < 1.29 is 9.53 Å². The minimum atomic E-state index is -0.152. The number of rotatable bonds is 4. The van der Waals surface area contributed by atoms with Crippen LogP contribution in [0.1, 0.15) is 29.6 Å². The highest BCUT2D eigenvalue weighted by molar-refractivity contribution is 9.10. The van der Waals surface area contributed by atoms with E-state index in [0.29, 0.717) is 11.3 Å². The lowest BCUT2D eigenvalue weighted by Crippen LogP contribution is -2.24. The number of hydrogen-bond donors (Lipinski definition) is 1. The molecule has 1 aliphatic rings. The molecule has 1 N–H and O–H groups in total. The maximum atomic E-state index is 12.2. The molecule has 5 nitrogen and oxygen atoms in total. The van der Waals surface area contributed by atoms with E-state index >= 15 is 0 Å². The summed E-state index contributed by atoms with van der Waals surface area (Å²) in [5, 5.41) is 7.15. The molecular weight excluding hydrogens is 346 g/mol.